The van der Waals surface area contributed by atoms with E-state index in [4.69, 9.17) is 21.3 Å². The third-order valence-corrected chi connectivity index (χ3v) is 12.5. The first kappa shape index (κ1) is 29.9. The molecule has 2 N–H and O–H groups in total. The van der Waals surface area contributed by atoms with E-state index in [0.717, 1.165) is 62.7 Å². The van der Waals surface area contributed by atoms with Gasteiger partial charge in [0.2, 0.25) is 5.91 Å². The Hall–Kier alpha value is -1.56. The Kier molecular flexibility index (Phi) is 8.95. The molecule has 11 heteroatoms. The number of nitrogens with zero attached hydrogens (tertiary/aromatic N) is 2. The van der Waals surface area contributed by atoms with Crippen LogP contribution in [0.15, 0.2) is 29.2 Å². The number of hydrogen-bond acceptors (Lipinski definition) is 8. The standard InChI is InChI=1S/C29H40ClN3O5S2/c1-18(28(35)31-10-11-33-12-14-38-15-13-33)22-8-9-29(3)16-23-26(19(2)25(29)27(22)34)32-24(39-23)17-40(36,37)21-6-4-20(30)5-7-21/h4-7,18-19,22,25,27,34H,8-17H2,1-3H3,(H,31,35)/t18-,19-,22-,25+,27-,29-/m0/s1. The number of ether oxygens (including phenoxy) is 1. The van der Waals surface area contributed by atoms with Crippen LogP contribution in [0, 0.1) is 23.2 Å². The molecule has 0 bridgehead atoms. The average Bonchev–Trinajstić information content (AvgIpc) is 3.30. The fraction of sp³-hybridized carbons (Fsp3) is 0.655. The zero-order valence-electron chi connectivity index (χ0n) is 23.4. The summed E-state index contributed by atoms with van der Waals surface area (Å²) in [7, 11) is -3.56. The number of aliphatic hydroxyl groups is 1. The summed E-state index contributed by atoms with van der Waals surface area (Å²) in [5, 5.41) is 15.9. The van der Waals surface area contributed by atoms with Crippen molar-refractivity contribution in [3.8, 4) is 0 Å². The molecule has 2 fully saturated rings. The second-order valence-electron chi connectivity index (χ2n) is 12.0. The third kappa shape index (κ3) is 6.13. The number of rotatable bonds is 8. The number of amides is 1. The molecule has 0 radical (unpaired) electrons. The molecule has 2 aliphatic carbocycles. The second kappa shape index (κ2) is 12.0. The first-order chi connectivity index (χ1) is 19.0. The van der Waals surface area contributed by atoms with Crippen molar-refractivity contribution < 1.29 is 23.1 Å². The molecule has 3 aliphatic rings. The van der Waals surface area contributed by atoms with Gasteiger partial charge in [-0.25, -0.2) is 13.4 Å². The minimum absolute atomic E-state index is 0.00610. The van der Waals surface area contributed by atoms with E-state index in [-0.39, 0.29) is 45.6 Å². The van der Waals surface area contributed by atoms with Gasteiger partial charge in [-0.15, -0.1) is 11.3 Å². The van der Waals surface area contributed by atoms with Crippen molar-refractivity contribution in [3.63, 3.8) is 0 Å². The fourth-order valence-electron chi connectivity index (χ4n) is 7.06. The number of thiazole rings is 1. The molecule has 1 amide bonds. The van der Waals surface area contributed by atoms with E-state index < -0.39 is 15.9 Å². The number of hydrogen-bond donors (Lipinski definition) is 2. The third-order valence-electron chi connectivity index (χ3n) is 9.34. The Labute approximate surface area is 246 Å². The van der Waals surface area contributed by atoms with Gasteiger partial charge in [0.1, 0.15) is 10.8 Å². The van der Waals surface area contributed by atoms with Crippen molar-refractivity contribution in [2.24, 2.45) is 23.2 Å². The highest BCUT2D eigenvalue weighted by molar-refractivity contribution is 7.90. The van der Waals surface area contributed by atoms with E-state index >= 15 is 0 Å². The molecule has 1 saturated heterocycles. The molecule has 2 aromatic rings. The maximum Gasteiger partial charge on any atom is 0.223 e. The molecular weight excluding hydrogens is 570 g/mol. The summed E-state index contributed by atoms with van der Waals surface area (Å²) in [6.07, 6.45) is 1.82. The molecule has 8 nitrogen and oxygen atoms in total. The second-order valence-corrected chi connectivity index (χ2v) is 15.6. The number of nitrogens with one attached hydrogen (secondary N) is 1. The Morgan fingerprint density at radius 2 is 2.00 bits per heavy atom. The first-order valence-corrected chi connectivity index (χ1v) is 17.1. The van der Waals surface area contributed by atoms with E-state index in [2.05, 4.69) is 24.1 Å². The predicted octanol–water partition coefficient (Wildman–Crippen LogP) is 3.91. The van der Waals surface area contributed by atoms with E-state index in [1.807, 2.05) is 6.92 Å². The van der Waals surface area contributed by atoms with Crippen molar-refractivity contribution in [1.82, 2.24) is 15.2 Å². The van der Waals surface area contributed by atoms with Crippen LogP contribution < -0.4 is 5.32 Å². The topological polar surface area (TPSA) is 109 Å². The Bertz CT molecular complexity index is 1310. The van der Waals surface area contributed by atoms with Crippen molar-refractivity contribution >= 4 is 38.7 Å². The van der Waals surface area contributed by atoms with Crippen LogP contribution in [-0.4, -0.2) is 74.8 Å². The van der Waals surface area contributed by atoms with Crippen LogP contribution in [0.1, 0.15) is 55.1 Å². The van der Waals surface area contributed by atoms with Gasteiger partial charge in [0.05, 0.1) is 29.9 Å². The monoisotopic (exact) mass is 609 g/mol. The predicted molar refractivity (Wildman–Crippen MR) is 156 cm³/mol. The van der Waals surface area contributed by atoms with Gasteiger partial charge in [-0.05, 0) is 60.8 Å². The summed E-state index contributed by atoms with van der Waals surface area (Å²) < 4.78 is 31.5. The number of morpholine rings is 1. The van der Waals surface area contributed by atoms with Crippen molar-refractivity contribution in [2.75, 3.05) is 39.4 Å². The summed E-state index contributed by atoms with van der Waals surface area (Å²) in [4.78, 5) is 21.5. The lowest BCUT2D eigenvalue weighted by molar-refractivity contribution is -0.134. The lowest BCUT2D eigenvalue weighted by Crippen LogP contribution is -2.53. The highest BCUT2D eigenvalue weighted by Crippen LogP contribution is 2.57. The van der Waals surface area contributed by atoms with Gasteiger partial charge in [-0.2, -0.15) is 0 Å². The Morgan fingerprint density at radius 3 is 2.70 bits per heavy atom. The number of carbonyl (C=O) groups is 1. The van der Waals surface area contributed by atoms with Gasteiger partial charge < -0.3 is 15.2 Å². The number of fused-ring (bicyclic) bond motifs is 2. The molecule has 1 aromatic heterocycles. The van der Waals surface area contributed by atoms with Crippen LogP contribution >= 0.6 is 22.9 Å². The molecule has 5 rings (SSSR count). The maximum atomic E-state index is 13.1. The molecule has 0 spiro atoms. The van der Waals surface area contributed by atoms with E-state index in [9.17, 15) is 18.3 Å². The van der Waals surface area contributed by atoms with E-state index in [0.29, 0.717) is 16.6 Å². The summed E-state index contributed by atoms with van der Waals surface area (Å²) in [5.74, 6) is -0.681. The normalized spacial score (nSPS) is 29.8. The molecule has 40 heavy (non-hydrogen) atoms. The molecule has 0 unspecified atom stereocenters. The number of aromatic nitrogens is 1. The summed E-state index contributed by atoms with van der Waals surface area (Å²) in [6, 6.07) is 6.22. The molecule has 1 aliphatic heterocycles. The van der Waals surface area contributed by atoms with Crippen molar-refractivity contribution in [2.45, 2.75) is 62.7 Å². The van der Waals surface area contributed by atoms with Crippen molar-refractivity contribution in [1.29, 1.82) is 0 Å². The average molecular weight is 610 g/mol. The SMILES string of the molecule is C[C@H](C(=O)NCCN1CCOCC1)[C@@H]1CC[C@@]2(C)Cc3sc(CS(=O)(=O)c4ccc(Cl)cc4)nc3[C@@H](C)[C@@H]2[C@H]1O. The quantitative estimate of drug-likeness (QED) is 0.467. The van der Waals surface area contributed by atoms with Crippen LogP contribution in [-0.2, 0) is 31.5 Å². The molecule has 2 heterocycles. The van der Waals surface area contributed by atoms with Gasteiger partial charge in [-0.1, -0.05) is 32.4 Å². The zero-order chi connectivity index (χ0) is 28.7. The molecular formula is C29H40ClN3O5S2. The maximum absolute atomic E-state index is 13.1. The van der Waals surface area contributed by atoms with Crippen LogP contribution in [0.2, 0.25) is 5.02 Å². The lowest BCUT2D eigenvalue weighted by atomic mass is 9.53. The smallest absolute Gasteiger partial charge is 0.223 e. The van der Waals surface area contributed by atoms with E-state index in [1.165, 1.54) is 23.5 Å². The number of aliphatic hydroxyl groups excluding tert-OH is 1. The largest absolute Gasteiger partial charge is 0.392 e. The number of halogens is 1. The summed E-state index contributed by atoms with van der Waals surface area (Å²) in [6.45, 7) is 10.9. The van der Waals surface area contributed by atoms with Crippen LogP contribution in [0.5, 0.6) is 0 Å². The van der Waals surface area contributed by atoms with Gasteiger partial charge in [-0.3, -0.25) is 9.69 Å². The Balaban J connectivity index is 1.26. The van der Waals surface area contributed by atoms with E-state index in [1.54, 1.807) is 12.1 Å². The minimum atomic E-state index is -3.56. The van der Waals surface area contributed by atoms with Gasteiger partial charge in [0, 0.05) is 47.9 Å². The fourth-order valence-corrected chi connectivity index (χ4v) is 10.2. The highest BCUT2D eigenvalue weighted by Gasteiger charge is 2.53. The van der Waals surface area contributed by atoms with Gasteiger partial charge in [0.25, 0.3) is 0 Å². The van der Waals surface area contributed by atoms with Crippen molar-refractivity contribution in [3.05, 3.63) is 44.9 Å². The number of benzene rings is 1. The molecule has 1 aromatic carbocycles. The van der Waals surface area contributed by atoms with Gasteiger partial charge in [0.15, 0.2) is 9.84 Å². The molecule has 1 saturated carbocycles. The number of sulfone groups is 1. The lowest BCUT2D eigenvalue weighted by Gasteiger charge is -2.53. The van der Waals surface area contributed by atoms with Crippen LogP contribution in [0.25, 0.3) is 0 Å². The highest BCUT2D eigenvalue weighted by atomic mass is 35.5. The van der Waals surface area contributed by atoms with Crippen LogP contribution in [0.3, 0.4) is 0 Å². The molecule has 6 atom stereocenters. The summed E-state index contributed by atoms with van der Waals surface area (Å²) in [5.41, 5.74) is 0.768. The first-order valence-electron chi connectivity index (χ1n) is 14.2. The van der Waals surface area contributed by atoms with Crippen LogP contribution in [0.4, 0.5) is 0 Å². The van der Waals surface area contributed by atoms with Gasteiger partial charge >= 0.3 is 0 Å². The number of carbonyl (C=O) groups excluding carboxylic acids is 1. The summed E-state index contributed by atoms with van der Waals surface area (Å²) >= 11 is 7.41. The Morgan fingerprint density at radius 1 is 1.30 bits per heavy atom. The molecule has 220 valence electrons. The zero-order valence-corrected chi connectivity index (χ0v) is 25.8. The minimum Gasteiger partial charge on any atom is -0.392 e.